The average Bonchev–Trinajstić information content (AvgIpc) is 3.39. The van der Waals surface area contributed by atoms with Crippen LogP contribution in [-0.4, -0.2) is 50.5 Å². The van der Waals surface area contributed by atoms with E-state index in [9.17, 15) is 13.2 Å². The van der Waals surface area contributed by atoms with Crippen LogP contribution >= 0.6 is 11.3 Å². The minimum Gasteiger partial charge on any atom is -0.378 e. The highest BCUT2D eigenvalue weighted by Crippen LogP contribution is 2.43. The number of nitrogens with zero attached hydrogens (tertiary/aromatic N) is 3. The number of aromatic nitrogens is 2. The molecule has 198 valence electrons. The maximum atomic E-state index is 13.9. The van der Waals surface area contributed by atoms with E-state index >= 15 is 0 Å². The molecular weight excluding hydrogens is 530 g/mol. The van der Waals surface area contributed by atoms with Crippen molar-refractivity contribution in [1.29, 1.82) is 0 Å². The predicted octanol–water partition coefficient (Wildman–Crippen LogP) is 5.33. The lowest BCUT2D eigenvalue weighted by Crippen LogP contribution is -2.35. The SMILES string of the molecule is Cc1ccccc1-n1c(-c2cc(-c3ccc(S(C)(=O)=O)cc3)c(N3CCOCC3)s2)nc2ccccc2c1=O. The van der Waals surface area contributed by atoms with E-state index in [1.807, 2.05) is 67.6 Å². The van der Waals surface area contributed by atoms with E-state index in [2.05, 4.69) is 11.0 Å². The predicted molar refractivity (Wildman–Crippen MR) is 157 cm³/mol. The minimum absolute atomic E-state index is 0.120. The number of morpholine rings is 1. The second kappa shape index (κ2) is 10.1. The van der Waals surface area contributed by atoms with Crippen molar-refractivity contribution < 1.29 is 13.2 Å². The van der Waals surface area contributed by atoms with Crippen molar-refractivity contribution in [2.24, 2.45) is 0 Å². The molecule has 5 aromatic rings. The van der Waals surface area contributed by atoms with Gasteiger partial charge in [-0.3, -0.25) is 9.36 Å². The van der Waals surface area contributed by atoms with Crippen LogP contribution in [0.15, 0.2) is 88.6 Å². The molecule has 0 radical (unpaired) electrons. The molecule has 0 N–H and O–H groups in total. The van der Waals surface area contributed by atoms with Gasteiger partial charge in [0.15, 0.2) is 15.7 Å². The average molecular weight is 558 g/mol. The molecule has 1 aliphatic heterocycles. The third-order valence-electron chi connectivity index (χ3n) is 6.96. The van der Waals surface area contributed by atoms with Crippen molar-refractivity contribution in [1.82, 2.24) is 9.55 Å². The first kappa shape index (κ1) is 25.5. The van der Waals surface area contributed by atoms with Gasteiger partial charge in [-0.05, 0) is 54.4 Å². The fraction of sp³-hybridized carbons (Fsp3) is 0.200. The zero-order chi connectivity index (χ0) is 27.1. The van der Waals surface area contributed by atoms with Crippen LogP contribution in [0.5, 0.6) is 0 Å². The summed E-state index contributed by atoms with van der Waals surface area (Å²) in [4.78, 5) is 22.3. The van der Waals surface area contributed by atoms with Crippen molar-refractivity contribution in [2.45, 2.75) is 11.8 Å². The molecule has 3 heterocycles. The van der Waals surface area contributed by atoms with Crippen molar-refractivity contribution >= 4 is 37.1 Å². The van der Waals surface area contributed by atoms with E-state index in [1.165, 1.54) is 6.26 Å². The molecular formula is C30H27N3O4S2. The lowest BCUT2D eigenvalue weighted by atomic mass is 10.1. The van der Waals surface area contributed by atoms with Gasteiger partial charge in [-0.2, -0.15) is 0 Å². The Bertz CT molecular complexity index is 1850. The Morgan fingerprint density at radius 2 is 1.62 bits per heavy atom. The van der Waals surface area contributed by atoms with Crippen LogP contribution in [0.25, 0.3) is 38.4 Å². The summed E-state index contributed by atoms with van der Waals surface area (Å²) in [6.07, 6.45) is 1.21. The number of anilines is 1. The van der Waals surface area contributed by atoms with E-state index < -0.39 is 9.84 Å². The highest BCUT2D eigenvalue weighted by atomic mass is 32.2. The van der Waals surface area contributed by atoms with Crippen molar-refractivity contribution in [3.63, 3.8) is 0 Å². The van der Waals surface area contributed by atoms with Gasteiger partial charge >= 0.3 is 0 Å². The molecule has 7 nitrogen and oxygen atoms in total. The quantitative estimate of drug-likeness (QED) is 0.291. The number of fused-ring (bicyclic) bond motifs is 1. The molecule has 1 fully saturated rings. The first-order chi connectivity index (χ1) is 18.8. The summed E-state index contributed by atoms with van der Waals surface area (Å²) in [7, 11) is -3.31. The summed E-state index contributed by atoms with van der Waals surface area (Å²) >= 11 is 1.59. The number of hydrogen-bond acceptors (Lipinski definition) is 7. The Kier molecular flexibility index (Phi) is 6.58. The van der Waals surface area contributed by atoms with Gasteiger partial charge in [-0.15, -0.1) is 11.3 Å². The molecule has 0 amide bonds. The second-order valence-electron chi connectivity index (χ2n) is 9.61. The van der Waals surface area contributed by atoms with Crippen LogP contribution in [0, 0.1) is 6.92 Å². The minimum atomic E-state index is -3.31. The summed E-state index contributed by atoms with van der Waals surface area (Å²) < 4.78 is 31.4. The molecule has 1 saturated heterocycles. The molecule has 9 heteroatoms. The van der Waals surface area contributed by atoms with Crippen LogP contribution in [0.4, 0.5) is 5.00 Å². The molecule has 0 atom stereocenters. The monoisotopic (exact) mass is 557 g/mol. The molecule has 0 saturated carbocycles. The molecule has 3 aromatic carbocycles. The maximum Gasteiger partial charge on any atom is 0.266 e. The van der Waals surface area contributed by atoms with Crippen molar-refractivity contribution in [3.8, 4) is 27.5 Å². The molecule has 0 unspecified atom stereocenters. The number of thiophene rings is 1. The van der Waals surface area contributed by atoms with Gasteiger partial charge in [0.05, 0.1) is 44.6 Å². The molecule has 1 aliphatic rings. The first-order valence-electron chi connectivity index (χ1n) is 12.7. The number of aryl methyl sites for hydroxylation is 1. The van der Waals surface area contributed by atoms with Gasteiger partial charge in [-0.1, -0.05) is 42.5 Å². The van der Waals surface area contributed by atoms with Gasteiger partial charge in [0, 0.05) is 24.9 Å². The van der Waals surface area contributed by atoms with Gasteiger partial charge in [0.2, 0.25) is 0 Å². The van der Waals surface area contributed by atoms with Crippen LogP contribution < -0.4 is 10.5 Å². The lowest BCUT2D eigenvalue weighted by molar-refractivity contribution is 0.123. The second-order valence-corrected chi connectivity index (χ2v) is 12.7. The Labute approximate surface area is 230 Å². The fourth-order valence-electron chi connectivity index (χ4n) is 4.92. The van der Waals surface area contributed by atoms with E-state index in [4.69, 9.17) is 9.72 Å². The van der Waals surface area contributed by atoms with Crippen LogP contribution in [0.2, 0.25) is 0 Å². The largest absolute Gasteiger partial charge is 0.378 e. The van der Waals surface area contributed by atoms with Crippen molar-refractivity contribution in [3.05, 3.63) is 94.8 Å². The maximum absolute atomic E-state index is 13.9. The Morgan fingerprint density at radius 3 is 2.33 bits per heavy atom. The number of para-hydroxylation sites is 2. The third-order valence-corrected chi connectivity index (χ3v) is 9.28. The van der Waals surface area contributed by atoms with Crippen LogP contribution in [-0.2, 0) is 14.6 Å². The van der Waals surface area contributed by atoms with E-state index in [0.717, 1.165) is 45.3 Å². The topological polar surface area (TPSA) is 81.5 Å². The molecule has 0 spiro atoms. The third kappa shape index (κ3) is 4.78. The standard InChI is InChI=1S/C30H27N3O4S2/c1-20-7-3-6-10-26(20)33-28(31-25-9-5-4-8-23(25)29(33)34)27-19-24(30(38-27)32-15-17-37-18-16-32)21-11-13-22(14-12-21)39(2,35)36/h3-14,19H,15-18H2,1-2H3. The normalized spacial score (nSPS) is 14.2. The molecule has 0 bridgehead atoms. The molecule has 39 heavy (non-hydrogen) atoms. The van der Waals surface area contributed by atoms with E-state index in [0.29, 0.717) is 29.9 Å². The molecule has 6 rings (SSSR count). The summed E-state index contributed by atoms with van der Waals surface area (Å²) in [5.74, 6) is 0.575. The number of benzene rings is 3. The van der Waals surface area contributed by atoms with E-state index in [-0.39, 0.29) is 10.5 Å². The smallest absolute Gasteiger partial charge is 0.266 e. The Hall–Kier alpha value is -3.79. The highest BCUT2D eigenvalue weighted by molar-refractivity contribution is 7.90. The zero-order valence-corrected chi connectivity index (χ0v) is 23.3. The highest BCUT2D eigenvalue weighted by Gasteiger charge is 2.24. The van der Waals surface area contributed by atoms with Gasteiger partial charge in [0.1, 0.15) is 0 Å². The van der Waals surface area contributed by atoms with Crippen LogP contribution in [0.1, 0.15) is 5.56 Å². The van der Waals surface area contributed by atoms with Crippen molar-refractivity contribution in [2.75, 3.05) is 37.5 Å². The Balaban J connectivity index is 1.60. The summed E-state index contributed by atoms with van der Waals surface area (Å²) in [6.45, 7) is 4.72. The molecule has 2 aromatic heterocycles. The fourth-order valence-corrected chi connectivity index (χ4v) is 6.76. The number of hydrogen-bond donors (Lipinski definition) is 0. The number of ether oxygens (including phenoxy) is 1. The molecule has 0 aliphatic carbocycles. The van der Waals surface area contributed by atoms with Crippen LogP contribution in [0.3, 0.4) is 0 Å². The summed E-state index contributed by atoms with van der Waals surface area (Å²) in [6, 6.07) is 24.3. The summed E-state index contributed by atoms with van der Waals surface area (Å²) in [5, 5.41) is 1.60. The Morgan fingerprint density at radius 1 is 0.923 bits per heavy atom. The first-order valence-corrected chi connectivity index (χ1v) is 15.4. The van der Waals surface area contributed by atoms with E-state index in [1.54, 1.807) is 28.0 Å². The van der Waals surface area contributed by atoms with Gasteiger partial charge in [0.25, 0.3) is 5.56 Å². The number of rotatable bonds is 5. The number of sulfone groups is 1. The van der Waals surface area contributed by atoms with Gasteiger partial charge < -0.3 is 9.64 Å². The zero-order valence-electron chi connectivity index (χ0n) is 21.6. The van der Waals surface area contributed by atoms with Gasteiger partial charge in [-0.25, -0.2) is 13.4 Å². The summed E-state index contributed by atoms with van der Waals surface area (Å²) in [5.41, 5.74) is 4.15. The lowest BCUT2D eigenvalue weighted by Gasteiger charge is -2.28.